The number of amides is 3. The summed E-state index contributed by atoms with van der Waals surface area (Å²) >= 11 is 1.56. The fraction of sp³-hybridized carbons (Fsp3) is 0.357. The van der Waals surface area contributed by atoms with Crippen molar-refractivity contribution < 1.29 is 27.5 Å². The van der Waals surface area contributed by atoms with Crippen LogP contribution in [-0.4, -0.2) is 47.5 Å². The fourth-order valence-electron chi connectivity index (χ4n) is 4.27. The molecule has 6 nitrogen and oxygen atoms in total. The maximum atomic E-state index is 13.6. The highest BCUT2D eigenvalue weighted by Crippen LogP contribution is 2.30. The molecule has 0 saturated carbocycles. The van der Waals surface area contributed by atoms with Gasteiger partial charge in [0.1, 0.15) is 6.54 Å². The van der Waals surface area contributed by atoms with Crippen LogP contribution in [0.4, 0.5) is 23.7 Å². The number of ether oxygens (including phenoxy) is 1. The molecule has 10 heteroatoms. The molecule has 3 amide bonds. The monoisotopic (exact) mass is 545 g/mol. The van der Waals surface area contributed by atoms with Crippen molar-refractivity contribution in [1.29, 1.82) is 0 Å². The summed E-state index contributed by atoms with van der Waals surface area (Å²) in [5, 5.41) is 4.51. The third kappa shape index (κ3) is 7.58. The maximum Gasteiger partial charge on any atom is 0.416 e. The molecular formula is C28H30F3N3O3S. The number of alkyl halides is 3. The van der Waals surface area contributed by atoms with Crippen LogP contribution in [0.5, 0.6) is 0 Å². The van der Waals surface area contributed by atoms with Gasteiger partial charge in [0, 0.05) is 30.3 Å². The Labute approximate surface area is 224 Å². The Bertz CT molecular complexity index is 1230. The molecule has 1 unspecified atom stereocenters. The maximum absolute atomic E-state index is 13.6. The number of nitrogens with zero attached hydrogens (tertiary/aromatic N) is 2. The van der Waals surface area contributed by atoms with Crippen LogP contribution in [0.25, 0.3) is 0 Å². The zero-order valence-corrected chi connectivity index (χ0v) is 21.9. The average Bonchev–Trinajstić information content (AvgIpc) is 3.55. The molecule has 1 saturated heterocycles. The van der Waals surface area contributed by atoms with Gasteiger partial charge in [-0.2, -0.15) is 13.2 Å². The number of rotatable bonds is 9. The zero-order chi connectivity index (χ0) is 27.1. The lowest BCUT2D eigenvalue weighted by Crippen LogP contribution is -2.46. The molecule has 1 fully saturated rings. The summed E-state index contributed by atoms with van der Waals surface area (Å²) in [6.45, 7) is 3.23. The molecule has 0 radical (unpaired) electrons. The lowest BCUT2D eigenvalue weighted by atomic mass is 10.2. The molecule has 0 bridgehead atoms. The standard InChI is InChI=1S/C28H30F3N3O3S/c1-20-12-14-38-25(20)18-33(16-21-7-3-2-4-8-21)26(35)19-34(17-24-11-6-13-37-24)27(36)32-23-10-5-9-22(15-23)28(29,30)31/h2-5,7-10,12,14-15,24H,6,11,13,16-19H2,1H3,(H,32,36). The first-order chi connectivity index (χ1) is 18.2. The van der Waals surface area contributed by atoms with Gasteiger partial charge in [0.15, 0.2) is 0 Å². The number of nitrogens with one attached hydrogen (secondary N) is 1. The van der Waals surface area contributed by atoms with Crippen LogP contribution in [0.2, 0.25) is 0 Å². The number of carbonyl (C=O) groups excluding carboxylic acids is 2. The molecule has 0 spiro atoms. The topological polar surface area (TPSA) is 61.9 Å². The predicted octanol–water partition coefficient (Wildman–Crippen LogP) is 6.32. The van der Waals surface area contributed by atoms with Gasteiger partial charge in [-0.3, -0.25) is 4.79 Å². The first-order valence-electron chi connectivity index (χ1n) is 12.4. The predicted molar refractivity (Wildman–Crippen MR) is 141 cm³/mol. The van der Waals surface area contributed by atoms with E-state index in [-0.39, 0.29) is 30.8 Å². The van der Waals surface area contributed by atoms with Crippen LogP contribution in [-0.2, 0) is 28.8 Å². The van der Waals surface area contributed by atoms with E-state index in [1.165, 1.54) is 17.0 Å². The number of halogens is 3. The number of hydrogen-bond acceptors (Lipinski definition) is 4. The number of carbonyl (C=O) groups is 2. The SMILES string of the molecule is Cc1ccsc1CN(Cc1ccccc1)C(=O)CN(CC1CCCO1)C(=O)Nc1cccc(C(F)(F)F)c1. The molecule has 3 aromatic rings. The summed E-state index contributed by atoms with van der Waals surface area (Å²) in [4.78, 5) is 31.0. The van der Waals surface area contributed by atoms with Gasteiger partial charge in [-0.15, -0.1) is 11.3 Å². The van der Waals surface area contributed by atoms with Crippen LogP contribution in [0.1, 0.15) is 34.4 Å². The zero-order valence-electron chi connectivity index (χ0n) is 21.0. The average molecular weight is 546 g/mol. The number of thiophene rings is 1. The summed E-state index contributed by atoms with van der Waals surface area (Å²) in [6.07, 6.45) is -3.19. The van der Waals surface area contributed by atoms with Crippen LogP contribution in [0.15, 0.2) is 66.0 Å². The van der Waals surface area contributed by atoms with Gasteiger partial charge in [-0.25, -0.2) is 4.79 Å². The normalized spacial score (nSPS) is 15.3. The van der Waals surface area contributed by atoms with Crippen molar-refractivity contribution >= 4 is 29.0 Å². The fourth-order valence-corrected chi connectivity index (χ4v) is 5.19. The Hall–Kier alpha value is -3.37. The Balaban J connectivity index is 1.53. The van der Waals surface area contributed by atoms with Crippen molar-refractivity contribution in [3.8, 4) is 0 Å². The van der Waals surface area contributed by atoms with Crippen molar-refractivity contribution in [1.82, 2.24) is 9.80 Å². The van der Waals surface area contributed by atoms with Crippen molar-refractivity contribution in [3.05, 3.63) is 87.6 Å². The molecule has 1 atom stereocenters. The van der Waals surface area contributed by atoms with Crippen LogP contribution >= 0.6 is 11.3 Å². The van der Waals surface area contributed by atoms with Crippen LogP contribution in [0.3, 0.4) is 0 Å². The molecule has 0 aliphatic carbocycles. The van der Waals surface area contributed by atoms with Gasteiger partial charge >= 0.3 is 12.2 Å². The molecule has 2 aromatic carbocycles. The minimum Gasteiger partial charge on any atom is -0.376 e. The lowest BCUT2D eigenvalue weighted by Gasteiger charge is -2.29. The van der Waals surface area contributed by atoms with Crippen LogP contribution < -0.4 is 5.32 Å². The number of hydrogen-bond donors (Lipinski definition) is 1. The van der Waals surface area contributed by atoms with E-state index in [0.717, 1.165) is 41.0 Å². The minimum absolute atomic E-state index is 0.00460. The lowest BCUT2D eigenvalue weighted by molar-refractivity contribution is -0.137. The number of aryl methyl sites for hydroxylation is 1. The van der Waals surface area contributed by atoms with Crippen LogP contribution in [0, 0.1) is 6.92 Å². The molecule has 4 rings (SSSR count). The molecule has 2 heterocycles. The second-order valence-corrected chi connectivity index (χ2v) is 10.3. The third-order valence-electron chi connectivity index (χ3n) is 6.37. The summed E-state index contributed by atoms with van der Waals surface area (Å²) in [5.41, 5.74) is 1.18. The highest BCUT2D eigenvalue weighted by Gasteiger charge is 2.31. The summed E-state index contributed by atoms with van der Waals surface area (Å²) in [5.74, 6) is -0.265. The van der Waals surface area contributed by atoms with Gasteiger partial charge < -0.3 is 19.9 Å². The van der Waals surface area contributed by atoms with E-state index in [0.29, 0.717) is 19.7 Å². The molecular weight excluding hydrogens is 515 g/mol. The first kappa shape index (κ1) is 27.7. The Morgan fingerprint density at radius 2 is 1.84 bits per heavy atom. The van der Waals surface area contributed by atoms with E-state index >= 15 is 0 Å². The highest BCUT2D eigenvalue weighted by atomic mass is 32.1. The Morgan fingerprint density at radius 3 is 2.50 bits per heavy atom. The van der Waals surface area contributed by atoms with E-state index < -0.39 is 17.8 Å². The molecule has 1 N–H and O–H groups in total. The van der Waals surface area contributed by atoms with Gasteiger partial charge in [0.05, 0.1) is 18.2 Å². The van der Waals surface area contributed by atoms with E-state index in [1.54, 1.807) is 16.2 Å². The molecule has 1 aliphatic heterocycles. The van der Waals surface area contributed by atoms with Gasteiger partial charge in [0.2, 0.25) is 5.91 Å². The second kappa shape index (κ2) is 12.4. The van der Waals surface area contributed by atoms with Crippen molar-refractivity contribution in [2.45, 2.75) is 45.1 Å². The van der Waals surface area contributed by atoms with Crippen molar-refractivity contribution in [3.63, 3.8) is 0 Å². The van der Waals surface area contributed by atoms with E-state index in [4.69, 9.17) is 4.74 Å². The minimum atomic E-state index is -4.54. The second-order valence-electron chi connectivity index (χ2n) is 9.29. The van der Waals surface area contributed by atoms with Gasteiger partial charge in [0.25, 0.3) is 0 Å². The third-order valence-corrected chi connectivity index (χ3v) is 7.38. The first-order valence-corrected chi connectivity index (χ1v) is 13.3. The van der Waals surface area contributed by atoms with E-state index in [2.05, 4.69) is 5.32 Å². The molecule has 202 valence electrons. The van der Waals surface area contributed by atoms with E-state index in [9.17, 15) is 22.8 Å². The summed E-state index contributed by atoms with van der Waals surface area (Å²) in [7, 11) is 0. The molecule has 1 aromatic heterocycles. The van der Waals surface area contributed by atoms with Gasteiger partial charge in [-0.1, -0.05) is 36.4 Å². The Morgan fingerprint density at radius 1 is 1.05 bits per heavy atom. The number of anilines is 1. The summed E-state index contributed by atoms with van der Waals surface area (Å²) in [6, 6.07) is 15.4. The molecule has 1 aliphatic rings. The Kier molecular flexibility index (Phi) is 9.06. The van der Waals surface area contributed by atoms with Crippen molar-refractivity contribution in [2.24, 2.45) is 0 Å². The van der Waals surface area contributed by atoms with E-state index in [1.807, 2.05) is 48.7 Å². The highest BCUT2D eigenvalue weighted by molar-refractivity contribution is 7.10. The largest absolute Gasteiger partial charge is 0.416 e. The van der Waals surface area contributed by atoms with Gasteiger partial charge in [-0.05, 0) is 60.5 Å². The number of benzene rings is 2. The quantitative estimate of drug-likeness (QED) is 0.343. The number of urea groups is 1. The summed E-state index contributed by atoms with van der Waals surface area (Å²) < 4.78 is 45.2. The molecule has 38 heavy (non-hydrogen) atoms. The smallest absolute Gasteiger partial charge is 0.376 e. The van der Waals surface area contributed by atoms with Crippen molar-refractivity contribution in [2.75, 3.05) is 25.0 Å².